The molecule has 0 unspecified atom stereocenters. The highest BCUT2D eigenvalue weighted by atomic mass is 16.5. The van der Waals surface area contributed by atoms with Crippen LogP contribution in [0.4, 0.5) is 0 Å². The lowest BCUT2D eigenvalue weighted by molar-refractivity contribution is -0.127. The predicted octanol–water partition coefficient (Wildman–Crippen LogP) is 4.67. The first-order valence-corrected chi connectivity index (χ1v) is 9.70. The van der Waals surface area contributed by atoms with E-state index in [2.05, 4.69) is 31.3 Å². The van der Waals surface area contributed by atoms with Crippen LogP contribution in [0.2, 0.25) is 0 Å². The van der Waals surface area contributed by atoms with E-state index in [0.29, 0.717) is 5.92 Å². The van der Waals surface area contributed by atoms with Gasteiger partial charge in [0.05, 0.1) is 0 Å². The molecule has 2 rings (SSSR count). The van der Waals surface area contributed by atoms with Crippen LogP contribution in [-0.2, 0) is 17.6 Å². The van der Waals surface area contributed by atoms with Gasteiger partial charge in [-0.3, -0.25) is 4.79 Å². The fourth-order valence-electron chi connectivity index (χ4n) is 3.37. The fraction of sp³-hybridized carbons (Fsp3) is 0.667. The minimum atomic E-state index is -0.449. The van der Waals surface area contributed by atoms with Gasteiger partial charge in [0.15, 0.2) is 6.10 Å². The highest BCUT2D eigenvalue weighted by Crippen LogP contribution is 2.25. The maximum absolute atomic E-state index is 12.3. The van der Waals surface area contributed by atoms with Gasteiger partial charge in [-0.05, 0) is 68.2 Å². The number of nitrogens with one attached hydrogen (secondary N) is 1. The molecule has 0 aliphatic heterocycles. The van der Waals surface area contributed by atoms with E-state index < -0.39 is 6.10 Å². The molecule has 1 aromatic rings. The Morgan fingerprint density at radius 1 is 1.21 bits per heavy atom. The van der Waals surface area contributed by atoms with Gasteiger partial charge < -0.3 is 10.1 Å². The van der Waals surface area contributed by atoms with Crippen molar-refractivity contribution in [2.75, 3.05) is 6.54 Å². The zero-order valence-corrected chi connectivity index (χ0v) is 15.6. The summed E-state index contributed by atoms with van der Waals surface area (Å²) in [6.45, 7) is 6.99. The van der Waals surface area contributed by atoms with Crippen LogP contribution in [0.1, 0.15) is 70.4 Å². The zero-order chi connectivity index (χ0) is 17.4. The van der Waals surface area contributed by atoms with E-state index >= 15 is 0 Å². The Hall–Kier alpha value is -1.51. The number of carbonyl (C=O) groups is 1. The number of rotatable bonds is 9. The number of aryl methyl sites for hydroxylation is 2. The van der Waals surface area contributed by atoms with Crippen LogP contribution in [-0.4, -0.2) is 18.6 Å². The number of hydrogen-bond acceptors (Lipinski definition) is 2. The first kappa shape index (κ1) is 18.8. The number of amides is 1. The number of unbranched alkanes of at least 4 members (excludes halogenated alkanes) is 1. The molecule has 0 bridgehead atoms. The van der Waals surface area contributed by atoms with E-state index in [4.69, 9.17) is 4.74 Å². The topological polar surface area (TPSA) is 38.3 Å². The smallest absolute Gasteiger partial charge is 0.260 e. The molecule has 0 spiro atoms. The summed E-state index contributed by atoms with van der Waals surface area (Å²) in [4.78, 5) is 12.3. The SMILES string of the molecule is CCCC[C@@H](CC)CNC(=O)[C@@H](C)Oc1ccc2c(c1)CCCC2. The quantitative estimate of drug-likeness (QED) is 0.714. The third-order valence-electron chi connectivity index (χ3n) is 5.11. The molecule has 1 amide bonds. The van der Waals surface area contributed by atoms with Gasteiger partial charge in [-0.2, -0.15) is 0 Å². The van der Waals surface area contributed by atoms with Crippen LogP contribution in [0, 0.1) is 5.92 Å². The molecule has 0 radical (unpaired) electrons. The van der Waals surface area contributed by atoms with E-state index in [1.54, 1.807) is 0 Å². The molecule has 1 aliphatic carbocycles. The monoisotopic (exact) mass is 331 g/mol. The van der Waals surface area contributed by atoms with Gasteiger partial charge in [0.1, 0.15) is 5.75 Å². The molecular formula is C21H33NO2. The minimum Gasteiger partial charge on any atom is -0.481 e. The molecule has 3 nitrogen and oxygen atoms in total. The van der Waals surface area contributed by atoms with Gasteiger partial charge in [0.2, 0.25) is 0 Å². The average Bonchev–Trinajstić information content (AvgIpc) is 2.61. The summed E-state index contributed by atoms with van der Waals surface area (Å²) in [5, 5.41) is 3.06. The summed E-state index contributed by atoms with van der Waals surface area (Å²) in [6.07, 6.45) is 9.12. The maximum Gasteiger partial charge on any atom is 0.260 e. The minimum absolute atomic E-state index is 0.0114. The summed E-state index contributed by atoms with van der Waals surface area (Å²) in [7, 11) is 0. The summed E-state index contributed by atoms with van der Waals surface area (Å²) >= 11 is 0. The van der Waals surface area contributed by atoms with Crippen molar-refractivity contribution >= 4 is 5.91 Å². The third-order valence-corrected chi connectivity index (χ3v) is 5.11. The number of benzene rings is 1. The van der Waals surface area contributed by atoms with Gasteiger partial charge in [-0.15, -0.1) is 0 Å². The van der Waals surface area contributed by atoms with E-state index in [-0.39, 0.29) is 5.91 Å². The molecule has 24 heavy (non-hydrogen) atoms. The lowest BCUT2D eigenvalue weighted by Crippen LogP contribution is -2.38. The normalized spacial score (nSPS) is 16.1. The van der Waals surface area contributed by atoms with Crippen LogP contribution in [0.25, 0.3) is 0 Å². The first-order valence-electron chi connectivity index (χ1n) is 9.70. The van der Waals surface area contributed by atoms with Crippen LogP contribution in [0.3, 0.4) is 0 Å². The molecule has 0 aromatic heterocycles. The van der Waals surface area contributed by atoms with Gasteiger partial charge >= 0.3 is 0 Å². The Labute approximate surface area is 147 Å². The highest BCUT2D eigenvalue weighted by Gasteiger charge is 2.17. The zero-order valence-electron chi connectivity index (χ0n) is 15.6. The standard InChI is InChI=1S/C21H33NO2/c1-4-6-9-17(5-2)15-22-21(23)16(3)24-20-13-12-18-10-7-8-11-19(18)14-20/h12-14,16-17H,4-11,15H2,1-3H3,(H,22,23)/t16-,17-/m1/s1. The van der Waals surface area contributed by atoms with E-state index in [0.717, 1.165) is 25.1 Å². The van der Waals surface area contributed by atoms with Crippen molar-refractivity contribution in [2.24, 2.45) is 5.92 Å². The van der Waals surface area contributed by atoms with Crippen molar-refractivity contribution in [3.63, 3.8) is 0 Å². The second-order valence-electron chi connectivity index (χ2n) is 7.06. The lowest BCUT2D eigenvalue weighted by Gasteiger charge is -2.20. The highest BCUT2D eigenvalue weighted by molar-refractivity contribution is 5.80. The van der Waals surface area contributed by atoms with E-state index in [1.165, 1.54) is 49.7 Å². The van der Waals surface area contributed by atoms with Crippen molar-refractivity contribution in [3.05, 3.63) is 29.3 Å². The molecule has 0 saturated carbocycles. The number of carbonyl (C=O) groups excluding carboxylic acids is 1. The Kier molecular flexibility index (Phi) is 7.61. The first-order chi connectivity index (χ1) is 11.6. The van der Waals surface area contributed by atoms with Crippen LogP contribution >= 0.6 is 0 Å². The molecule has 2 atom stereocenters. The van der Waals surface area contributed by atoms with E-state index in [1.807, 2.05) is 13.0 Å². The Morgan fingerprint density at radius 2 is 1.96 bits per heavy atom. The Bertz CT molecular complexity index is 527. The predicted molar refractivity (Wildman–Crippen MR) is 99.5 cm³/mol. The summed E-state index contributed by atoms with van der Waals surface area (Å²) < 4.78 is 5.88. The summed E-state index contributed by atoms with van der Waals surface area (Å²) in [5.41, 5.74) is 2.82. The van der Waals surface area contributed by atoms with E-state index in [9.17, 15) is 4.79 Å². The van der Waals surface area contributed by atoms with Gasteiger partial charge in [-0.25, -0.2) is 0 Å². The van der Waals surface area contributed by atoms with Crippen molar-refractivity contribution in [2.45, 2.75) is 78.2 Å². The molecule has 0 saturated heterocycles. The molecule has 0 heterocycles. The van der Waals surface area contributed by atoms with Crippen molar-refractivity contribution < 1.29 is 9.53 Å². The van der Waals surface area contributed by atoms with Crippen LogP contribution in [0.5, 0.6) is 5.75 Å². The second-order valence-corrected chi connectivity index (χ2v) is 7.06. The molecular weight excluding hydrogens is 298 g/mol. The largest absolute Gasteiger partial charge is 0.481 e. The number of ether oxygens (including phenoxy) is 1. The van der Waals surface area contributed by atoms with Crippen molar-refractivity contribution in [1.29, 1.82) is 0 Å². The second kappa shape index (κ2) is 9.71. The van der Waals surface area contributed by atoms with Gasteiger partial charge in [0, 0.05) is 6.54 Å². The summed E-state index contributed by atoms with van der Waals surface area (Å²) in [6, 6.07) is 6.28. The molecule has 1 aromatic carbocycles. The molecule has 134 valence electrons. The Balaban J connectivity index is 1.82. The third kappa shape index (κ3) is 5.54. The average molecular weight is 332 g/mol. The van der Waals surface area contributed by atoms with Crippen LogP contribution in [0.15, 0.2) is 18.2 Å². The molecule has 0 fully saturated rings. The molecule has 1 aliphatic rings. The molecule has 1 N–H and O–H groups in total. The van der Waals surface area contributed by atoms with Crippen LogP contribution < -0.4 is 10.1 Å². The summed E-state index contributed by atoms with van der Waals surface area (Å²) in [5.74, 6) is 1.38. The maximum atomic E-state index is 12.3. The number of hydrogen-bond donors (Lipinski definition) is 1. The van der Waals surface area contributed by atoms with Crippen molar-refractivity contribution in [1.82, 2.24) is 5.32 Å². The fourth-order valence-corrected chi connectivity index (χ4v) is 3.37. The van der Waals surface area contributed by atoms with Crippen molar-refractivity contribution in [3.8, 4) is 5.75 Å². The van der Waals surface area contributed by atoms with Gasteiger partial charge in [-0.1, -0.05) is 39.2 Å². The molecule has 3 heteroatoms. The Morgan fingerprint density at radius 3 is 2.67 bits per heavy atom. The van der Waals surface area contributed by atoms with Gasteiger partial charge in [0.25, 0.3) is 5.91 Å². The number of fused-ring (bicyclic) bond motifs is 1. The lowest BCUT2D eigenvalue weighted by atomic mass is 9.92.